The normalized spacial score (nSPS) is 18.9. The van der Waals surface area contributed by atoms with Crippen LogP contribution >= 0.6 is 24.0 Å². The first-order valence-electron chi connectivity index (χ1n) is 9.49. The van der Waals surface area contributed by atoms with Gasteiger partial charge in [-0.05, 0) is 18.9 Å². The van der Waals surface area contributed by atoms with Crippen LogP contribution in [0.2, 0.25) is 0 Å². The smallest absolute Gasteiger partial charge is 0.389 e. The van der Waals surface area contributed by atoms with E-state index in [1.807, 2.05) is 37.3 Å². The molecule has 0 saturated carbocycles. The fourth-order valence-corrected chi connectivity index (χ4v) is 3.00. The molecule has 1 aromatic carbocycles. The molecule has 1 aliphatic heterocycles. The standard InChI is InChI=1S/C19H29F3N4O2.HI/c1-2-23-18(25-16-8-9-26(11-16)14-19(20,21)22)24-10-17(27)13-28-12-15-6-4-3-5-7-15;/h3-7,16-17,27H,2,8-14H2,1H3,(H2,23,24,25);1H. The van der Waals surface area contributed by atoms with Crippen LogP contribution in [0.4, 0.5) is 13.2 Å². The molecule has 2 unspecified atom stereocenters. The minimum absolute atomic E-state index is 0. The van der Waals surface area contributed by atoms with Crippen molar-refractivity contribution in [1.82, 2.24) is 15.5 Å². The van der Waals surface area contributed by atoms with E-state index in [0.29, 0.717) is 38.6 Å². The van der Waals surface area contributed by atoms with Gasteiger partial charge in [0.2, 0.25) is 0 Å². The molecule has 0 amide bonds. The van der Waals surface area contributed by atoms with Crippen LogP contribution in [-0.4, -0.2) is 73.6 Å². The Balaban J connectivity index is 0.00000420. The summed E-state index contributed by atoms with van der Waals surface area (Å²) in [6.45, 7) is 3.04. The SMILES string of the molecule is CCNC(=NCC(O)COCc1ccccc1)NC1CCN(CC(F)(F)F)C1.I. The lowest BCUT2D eigenvalue weighted by Crippen LogP contribution is -2.45. The Kier molecular flexibility index (Phi) is 11.8. The maximum atomic E-state index is 12.5. The zero-order valence-corrected chi connectivity index (χ0v) is 18.8. The zero-order valence-electron chi connectivity index (χ0n) is 16.5. The van der Waals surface area contributed by atoms with Gasteiger partial charge in [-0.1, -0.05) is 30.3 Å². The number of halogens is 4. The maximum absolute atomic E-state index is 12.5. The van der Waals surface area contributed by atoms with E-state index < -0.39 is 18.8 Å². The third-order valence-corrected chi connectivity index (χ3v) is 4.24. The minimum atomic E-state index is -4.18. The number of hydrogen-bond donors (Lipinski definition) is 3. The number of rotatable bonds is 9. The van der Waals surface area contributed by atoms with Crippen LogP contribution in [0.1, 0.15) is 18.9 Å². The van der Waals surface area contributed by atoms with Crippen LogP contribution < -0.4 is 10.6 Å². The molecule has 166 valence electrons. The number of hydrogen-bond acceptors (Lipinski definition) is 4. The molecular weight excluding hydrogens is 500 g/mol. The fraction of sp³-hybridized carbons (Fsp3) is 0.632. The molecule has 1 aliphatic rings. The molecule has 2 rings (SSSR count). The van der Waals surface area contributed by atoms with Crippen molar-refractivity contribution in [2.45, 2.75) is 38.3 Å². The first-order chi connectivity index (χ1) is 13.4. The lowest BCUT2D eigenvalue weighted by molar-refractivity contribution is -0.143. The molecule has 3 N–H and O–H groups in total. The van der Waals surface area contributed by atoms with E-state index in [9.17, 15) is 18.3 Å². The number of aliphatic hydroxyl groups is 1. The van der Waals surface area contributed by atoms with E-state index in [1.165, 1.54) is 4.90 Å². The van der Waals surface area contributed by atoms with Gasteiger partial charge in [0.15, 0.2) is 5.96 Å². The highest BCUT2D eigenvalue weighted by Gasteiger charge is 2.34. The summed E-state index contributed by atoms with van der Waals surface area (Å²) < 4.78 is 43.0. The number of benzene rings is 1. The number of alkyl halides is 3. The van der Waals surface area contributed by atoms with E-state index in [-0.39, 0.29) is 43.2 Å². The number of nitrogens with zero attached hydrogens (tertiary/aromatic N) is 2. The average Bonchev–Trinajstić information content (AvgIpc) is 3.06. The van der Waals surface area contributed by atoms with E-state index in [0.717, 1.165) is 5.56 Å². The second-order valence-electron chi connectivity index (χ2n) is 6.85. The van der Waals surface area contributed by atoms with Crippen molar-refractivity contribution in [3.8, 4) is 0 Å². The lowest BCUT2D eigenvalue weighted by Gasteiger charge is -2.20. The molecule has 1 fully saturated rings. The van der Waals surface area contributed by atoms with Crippen LogP contribution in [0.3, 0.4) is 0 Å². The molecule has 1 saturated heterocycles. The van der Waals surface area contributed by atoms with Crippen molar-refractivity contribution in [2.24, 2.45) is 4.99 Å². The number of likely N-dealkylation sites (tertiary alicyclic amines) is 1. The Morgan fingerprint density at radius 2 is 2.07 bits per heavy atom. The van der Waals surface area contributed by atoms with Crippen molar-refractivity contribution >= 4 is 29.9 Å². The predicted molar refractivity (Wildman–Crippen MR) is 118 cm³/mol. The highest BCUT2D eigenvalue weighted by atomic mass is 127. The first kappa shape index (κ1) is 25.9. The molecule has 1 aromatic rings. The van der Waals surface area contributed by atoms with Gasteiger partial charge in [-0.2, -0.15) is 13.2 Å². The Hall–Kier alpha value is -1.11. The second kappa shape index (κ2) is 13.2. The summed E-state index contributed by atoms with van der Waals surface area (Å²) in [5.41, 5.74) is 1.03. The number of nitrogens with one attached hydrogen (secondary N) is 2. The number of aliphatic imine (C=N–C) groups is 1. The monoisotopic (exact) mass is 530 g/mol. The van der Waals surface area contributed by atoms with Crippen molar-refractivity contribution in [3.05, 3.63) is 35.9 Å². The maximum Gasteiger partial charge on any atom is 0.401 e. The molecule has 0 bridgehead atoms. The Bertz CT molecular complexity index is 605. The van der Waals surface area contributed by atoms with Gasteiger partial charge in [0.05, 0.1) is 32.4 Å². The molecule has 10 heteroatoms. The number of aliphatic hydroxyl groups excluding tert-OH is 1. The topological polar surface area (TPSA) is 69.1 Å². The molecule has 1 heterocycles. The van der Waals surface area contributed by atoms with E-state index >= 15 is 0 Å². The molecule has 0 spiro atoms. The number of ether oxygens (including phenoxy) is 1. The molecule has 0 aliphatic carbocycles. The summed E-state index contributed by atoms with van der Waals surface area (Å²) in [5, 5.41) is 16.3. The first-order valence-corrected chi connectivity index (χ1v) is 9.49. The Morgan fingerprint density at radius 1 is 1.34 bits per heavy atom. The Morgan fingerprint density at radius 3 is 2.72 bits per heavy atom. The Labute approximate surface area is 186 Å². The van der Waals surface area contributed by atoms with E-state index in [4.69, 9.17) is 4.74 Å². The summed E-state index contributed by atoms with van der Waals surface area (Å²) in [6, 6.07) is 9.56. The van der Waals surface area contributed by atoms with Crippen LogP contribution in [0.15, 0.2) is 35.3 Å². The van der Waals surface area contributed by atoms with Crippen LogP contribution in [0.5, 0.6) is 0 Å². The van der Waals surface area contributed by atoms with Crippen molar-refractivity contribution in [3.63, 3.8) is 0 Å². The van der Waals surface area contributed by atoms with Gasteiger partial charge in [-0.15, -0.1) is 24.0 Å². The average molecular weight is 530 g/mol. The lowest BCUT2D eigenvalue weighted by atomic mass is 10.2. The van der Waals surface area contributed by atoms with E-state index in [1.54, 1.807) is 0 Å². The van der Waals surface area contributed by atoms with Crippen molar-refractivity contribution in [1.29, 1.82) is 0 Å². The number of guanidine groups is 1. The summed E-state index contributed by atoms with van der Waals surface area (Å²) in [6.07, 6.45) is -4.33. The van der Waals surface area contributed by atoms with Gasteiger partial charge in [0, 0.05) is 25.7 Å². The van der Waals surface area contributed by atoms with Gasteiger partial charge in [0.25, 0.3) is 0 Å². The minimum Gasteiger partial charge on any atom is -0.389 e. The van der Waals surface area contributed by atoms with Gasteiger partial charge in [0.1, 0.15) is 0 Å². The van der Waals surface area contributed by atoms with Gasteiger partial charge in [-0.25, -0.2) is 0 Å². The van der Waals surface area contributed by atoms with Crippen molar-refractivity contribution < 1.29 is 23.0 Å². The van der Waals surface area contributed by atoms with Crippen LogP contribution in [-0.2, 0) is 11.3 Å². The van der Waals surface area contributed by atoms with Gasteiger partial charge < -0.3 is 20.5 Å². The summed E-state index contributed by atoms with van der Waals surface area (Å²) in [7, 11) is 0. The van der Waals surface area contributed by atoms with Crippen LogP contribution in [0, 0.1) is 0 Å². The summed E-state index contributed by atoms with van der Waals surface area (Å²) in [4.78, 5) is 5.71. The predicted octanol–water partition coefficient (Wildman–Crippen LogP) is 2.37. The van der Waals surface area contributed by atoms with Gasteiger partial charge >= 0.3 is 6.18 Å². The quantitative estimate of drug-likeness (QED) is 0.260. The van der Waals surface area contributed by atoms with Gasteiger partial charge in [-0.3, -0.25) is 9.89 Å². The summed E-state index contributed by atoms with van der Waals surface area (Å²) >= 11 is 0. The van der Waals surface area contributed by atoms with Crippen molar-refractivity contribution in [2.75, 3.05) is 39.3 Å². The molecule has 6 nitrogen and oxygen atoms in total. The molecular formula is C19H30F3IN4O2. The molecule has 2 atom stereocenters. The highest BCUT2D eigenvalue weighted by molar-refractivity contribution is 14.0. The third-order valence-electron chi connectivity index (χ3n) is 4.24. The molecule has 0 radical (unpaired) electrons. The van der Waals surface area contributed by atoms with Crippen LogP contribution in [0.25, 0.3) is 0 Å². The second-order valence-corrected chi connectivity index (χ2v) is 6.85. The molecule has 29 heavy (non-hydrogen) atoms. The third kappa shape index (κ3) is 11.0. The van der Waals surface area contributed by atoms with E-state index in [2.05, 4.69) is 15.6 Å². The molecule has 0 aromatic heterocycles. The zero-order chi connectivity index (χ0) is 20.4. The fourth-order valence-electron chi connectivity index (χ4n) is 3.00. The summed E-state index contributed by atoms with van der Waals surface area (Å²) in [5.74, 6) is 0.489. The largest absolute Gasteiger partial charge is 0.401 e. The highest BCUT2D eigenvalue weighted by Crippen LogP contribution is 2.19.